The quantitative estimate of drug-likeness (QED) is 0.827. The van der Waals surface area contributed by atoms with Crippen LogP contribution < -0.4 is 11.1 Å². The van der Waals surface area contributed by atoms with Gasteiger partial charge in [-0.05, 0) is 22.9 Å². The topological polar surface area (TPSA) is 81.4 Å². The number of nitrogens with two attached hydrogens (primary N) is 1. The van der Waals surface area contributed by atoms with Crippen LogP contribution in [0.4, 0.5) is 5.69 Å². The summed E-state index contributed by atoms with van der Waals surface area (Å²) >= 11 is 0. The van der Waals surface area contributed by atoms with E-state index in [9.17, 15) is 9.59 Å². The van der Waals surface area contributed by atoms with Crippen molar-refractivity contribution in [3.05, 3.63) is 53.9 Å². The van der Waals surface area contributed by atoms with Gasteiger partial charge in [0, 0.05) is 5.69 Å². The van der Waals surface area contributed by atoms with Crippen molar-refractivity contribution in [1.29, 1.82) is 0 Å². The molecule has 0 spiro atoms. The summed E-state index contributed by atoms with van der Waals surface area (Å²) in [4.78, 5) is 22.8. The highest BCUT2D eigenvalue weighted by Gasteiger charge is 2.29. The first-order valence-corrected chi connectivity index (χ1v) is 6.11. The third kappa shape index (κ3) is 2.09. The van der Waals surface area contributed by atoms with Gasteiger partial charge in [-0.15, -0.1) is 0 Å². The van der Waals surface area contributed by atoms with Gasteiger partial charge in [0.05, 0.1) is 0 Å². The van der Waals surface area contributed by atoms with Gasteiger partial charge in [-0.25, -0.2) is 0 Å². The number of hydrogen-bond donors (Lipinski definition) is 2. The summed E-state index contributed by atoms with van der Waals surface area (Å²) in [5, 5.41) is 5.08. The van der Waals surface area contributed by atoms with Crippen LogP contribution in [0.3, 0.4) is 0 Å². The molecule has 0 fully saturated rings. The summed E-state index contributed by atoms with van der Waals surface area (Å²) in [7, 11) is 0. The summed E-state index contributed by atoms with van der Waals surface area (Å²) < 4.78 is 5.17. The van der Waals surface area contributed by atoms with Crippen LogP contribution in [-0.4, -0.2) is 18.3 Å². The number of amides is 1. The lowest BCUT2D eigenvalue weighted by Crippen LogP contribution is -2.21. The van der Waals surface area contributed by atoms with Gasteiger partial charge >= 0.3 is 0 Å². The Labute approximate surface area is 115 Å². The molecule has 2 aromatic rings. The van der Waals surface area contributed by atoms with E-state index in [0.29, 0.717) is 0 Å². The third-order valence-electron chi connectivity index (χ3n) is 3.11. The van der Waals surface area contributed by atoms with Crippen LogP contribution in [0.1, 0.15) is 0 Å². The molecule has 3 rings (SSSR count). The van der Waals surface area contributed by atoms with E-state index in [1.807, 2.05) is 42.5 Å². The summed E-state index contributed by atoms with van der Waals surface area (Å²) in [5.41, 5.74) is 5.80. The maximum absolute atomic E-state index is 11.5. The van der Waals surface area contributed by atoms with Crippen molar-refractivity contribution in [1.82, 2.24) is 0 Å². The van der Waals surface area contributed by atoms with E-state index in [1.165, 1.54) is 0 Å². The number of primary amides is 1. The Morgan fingerprint density at radius 3 is 2.65 bits per heavy atom. The number of anilines is 1. The molecule has 2 aromatic carbocycles. The van der Waals surface area contributed by atoms with Gasteiger partial charge in [-0.1, -0.05) is 30.3 Å². The molecule has 1 aliphatic heterocycles. The van der Waals surface area contributed by atoms with Crippen LogP contribution in [0.15, 0.2) is 53.9 Å². The van der Waals surface area contributed by atoms with Gasteiger partial charge in [0.1, 0.15) is 5.57 Å². The number of nitrogens with one attached hydrogen (secondary N) is 1. The Morgan fingerprint density at radius 2 is 1.90 bits per heavy atom. The van der Waals surface area contributed by atoms with Crippen molar-refractivity contribution in [2.75, 3.05) is 11.9 Å². The summed E-state index contributed by atoms with van der Waals surface area (Å²) in [5.74, 6) is -1.06. The fraction of sp³-hybridized carbons (Fsp3) is 0.0667. The molecule has 5 nitrogen and oxygen atoms in total. The van der Waals surface area contributed by atoms with Gasteiger partial charge in [0.15, 0.2) is 6.61 Å². The molecular weight excluding hydrogens is 256 g/mol. The molecule has 0 unspecified atom stereocenters. The summed E-state index contributed by atoms with van der Waals surface area (Å²) in [6.45, 7) is -0.159. The van der Waals surface area contributed by atoms with E-state index in [4.69, 9.17) is 10.5 Å². The van der Waals surface area contributed by atoms with Crippen molar-refractivity contribution in [3.63, 3.8) is 0 Å². The first-order valence-electron chi connectivity index (χ1n) is 6.11. The number of rotatable bonds is 3. The largest absolute Gasteiger partial charge is 0.470 e. The van der Waals surface area contributed by atoms with E-state index in [-0.39, 0.29) is 18.1 Å². The number of ketones is 1. The Balaban J connectivity index is 1.97. The molecule has 0 aliphatic carbocycles. The van der Waals surface area contributed by atoms with Gasteiger partial charge in [-0.3, -0.25) is 9.59 Å². The monoisotopic (exact) mass is 268 g/mol. The minimum atomic E-state index is -0.782. The number of ether oxygens (including phenoxy) is 1. The standard InChI is InChI=1S/C15H12N2O3/c16-14(19)13-12(18)8-20-15(13)17-11-6-5-9-3-1-2-4-10(9)7-11/h1-7,17H,8H2,(H2,16,19). The fourth-order valence-corrected chi connectivity index (χ4v) is 2.15. The molecule has 1 aliphatic rings. The molecule has 5 heteroatoms. The van der Waals surface area contributed by atoms with E-state index in [2.05, 4.69) is 5.32 Å². The normalized spacial score (nSPS) is 14.5. The number of benzene rings is 2. The maximum atomic E-state index is 11.5. The highest BCUT2D eigenvalue weighted by atomic mass is 16.5. The molecular formula is C15H12N2O3. The zero-order valence-electron chi connectivity index (χ0n) is 10.6. The molecule has 0 saturated carbocycles. The minimum Gasteiger partial charge on any atom is -0.470 e. The van der Waals surface area contributed by atoms with Gasteiger partial charge in [-0.2, -0.15) is 0 Å². The second-order valence-electron chi connectivity index (χ2n) is 4.47. The Kier molecular flexibility index (Phi) is 2.87. The highest BCUT2D eigenvalue weighted by Crippen LogP contribution is 2.23. The molecule has 0 bridgehead atoms. The van der Waals surface area contributed by atoms with Crippen LogP contribution in [0, 0.1) is 0 Å². The van der Waals surface area contributed by atoms with Crippen LogP contribution in [-0.2, 0) is 14.3 Å². The maximum Gasteiger partial charge on any atom is 0.257 e. The first-order chi connectivity index (χ1) is 9.65. The molecule has 3 N–H and O–H groups in total. The highest BCUT2D eigenvalue weighted by molar-refractivity contribution is 6.21. The van der Waals surface area contributed by atoms with Crippen LogP contribution in [0.25, 0.3) is 10.8 Å². The van der Waals surface area contributed by atoms with E-state index in [0.717, 1.165) is 16.5 Å². The van der Waals surface area contributed by atoms with Gasteiger partial charge < -0.3 is 15.8 Å². The molecule has 1 heterocycles. The minimum absolute atomic E-state index is 0.113. The van der Waals surface area contributed by atoms with Crippen LogP contribution in [0.5, 0.6) is 0 Å². The van der Waals surface area contributed by atoms with Gasteiger partial charge in [0.2, 0.25) is 11.7 Å². The smallest absolute Gasteiger partial charge is 0.257 e. The van der Waals surface area contributed by atoms with Crippen molar-refractivity contribution >= 4 is 28.2 Å². The molecule has 0 saturated heterocycles. The number of carbonyl (C=O) groups excluding carboxylic acids is 2. The first kappa shape index (κ1) is 12.2. The zero-order chi connectivity index (χ0) is 14.1. The zero-order valence-corrected chi connectivity index (χ0v) is 10.6. The fourth-order valence-electron chi connectivity index (χ4n) is 2.15. The molecule has 0 atom stereocenters. The van der Waals surface area contributed by atoms with Crippen molar-refractivity contribution in [2.24, 2.45) is 5.73 Å². The number of hydrogen-bond acceptors (Lipinski definition) is 4. The predicted octanol–water partition coefficient (Wildman–Crippen LogP) is 1.55. The average Bonchev–Trinajstić information content (AvgIpc) is 2.79. The van der Waals surface area contributed by atoms with Gasteiger partial charge in [0.25, 0.3) is 5.91 Å². The predicted molar refractivity (Wildman–Crippen MR) is 74.8 cm³/mol. The molecule has 20 heavy (non-hydrogen) atoms. The Hall–Kier alpha value is -2.82. The second-order valence-corrected chi connectivity index (χ2v) is 4.47. The van der Waals surface area contributed by atoms with Crippen molar-refractivity contribution < 1.29 is 14.3 Å². The lowest BCUT2D eigenvalue weighted by molar-refractivity contribution is -0.120. The molecule has 0 radical (unpaired) electrons. The van der Waals surface area contributed by atoms with Crippen molar-refractivity contribution in [2.45, 2.75) is 0 Å². The lowest BCUT2D eigenvalue weighted by Gasteiger charge is -2.09. The average molecular weight is 268 g/mol. The summed E-state index contributed by atoms with van der Waals surface area (Å²) in [6, 6.07) is 13.6. The summed E-state index contributed by atoms with van der Waals surface area (Å²) in [6.07, 6.45) is 0. The number of Topliss-reactive ketones (excluding diaryl/α,β-unsaturated/α-hetero) is 1. The third-order valence-corrected chi connectivity index (χ3v) is 3.11. The van der Waals surface area contributed by atoms with Crippen LogP contribution >= 0.6 is 0 Å². The van der Waals surface area contributed by atoms with Crippen molar-refractivity contribution in [3.8, 4) is 0 Å². The van der Waals surface area contributed by atoms with E-state index < -0.39 is 11.7 Å². The van der Waals surface area contributed by atoms with Crippen LogP contribution in [0.2, 0.25) is 0 Å². The molecule has 1 amide bonds. The number of fused-ring (bicyclic) bond motifs is 1. The number of carbonyl (C=O) groups is 2. The van der Waals surface area contributed by atoms with E-state index in [1.54, 1.807) is 0 Å². The SMILES string of the molecule is NC(=O)C1=C(Nc2ccc3ccccc3c2)OCC1=O. The molecule has 100 valence electrons. The van der Waals surface area contributed by atoms with E-state index >= 15 is 0 Å². The second kappa shape index (κ2) is 4.70. The molecule has 0 aromatic heterocycles. The Bertz CT molecular complexity index is 750. The Morgan fingerprint density at radius 1 is 1.15 bits per heavy atom. The lowest BCUT2D eigenvalue weighted by atomic mass is 10.1.